The highest BCUT2D eigenvalue weighted by molar-refractivity contribution is 6.01. The Morgan fingerprint density at radius 2 is 2.10 bits per heavy atom. The van der Waals surface area contributed by atoms with Gasteiger partial charge in [-0.05, 0) is 38.3 Å². The van der Waals surface area contributed by atoms with E-state index in [0.29, 0.717) is 24.2 Å². The summed E-state index contributed by atoms with van der Waals surface area (Å²) in [6.45, 7) is 2.52. The average molecular weight is 275 g/mol. The highest BCUT2D eigenvalue weighted by Gasteiger charge is 2.32. The first-order chi connectivity index (χ1) is 9.54. The van der Waals surface area contributed by atoms with Crippen LogP contribution >= 0.6 is 0 Å². The molecule has 20 heavy (non-hydrogen) atoms. The first-order valence-electron chi connectivity index (χ1n) is 6.93. The number of carbonyl (C=O) groups is 2. The van der Waals surface area contributed by atoms with E-state index in [1.165, 1.54) is 0 Å². The van der Waals surface area contributed by atoms with Crippen LogP contribution in [0.5, 0.6) is 0 Å². The molecule has 1 aromatic rings. The second-order valence-electron chi connectivity index (χ2n) is 5.22. The van der Waals surface area contributed by atoms with Crippen molar-refractivity contribution < 1.29 is 9.59 Å². The maximum atomic E-state index is 12.7. The third-order valence-electron chi connectivity index (χ3n) is 3.75. The molecule has 0 spiro atoms. The molecule has 1 heterocycles. The molecule has 0 saturated carbocycles. The van der Waals surface area contributed by atoms with E-state index < -0.39 is 0 Å². The van der Waals surface area contributed by atoms with Gasteiger partial charge >= 0.3 is 0 Å². The van der Waals surface area contributed by atoms with E-state index in [4.69, 9.17) is 5.73 Å². The van der Waals surface area contributed by atoms with E-state index in [1.807, 2.05) is 13.0 Å². The Balaban J connectivity index is 2.30. The number of amides is 2. The normalized spacial score (nSPS) is 18.7. The van der Waals surface area contributed by atoms with Crippen molar-refractivity contribution in [3.05, 3.63) is 29.3 Å². The smallest absolute Gasteiger partial charge is 0.256 e. The topological polar surface area (TPSA) is 75.4 Å². The Labute approximate surface area is 119 Å². The lowest BCUT2D eigenvalue weighted by atomic mass is 9.99. The van der Waals surface area contributed by atoms with Gasteiger partial charge in [0.1, 0.15) is 6.04 Å². The number of hydrogen-bond acceptors (Lipinski definition) is 3. The summed E-state index contributed by atoms with van der Waals surface area (Å²) in [6, 6.07) is 5.01. The minimum atomic E-state index is -0.388. The number of hydrogen-bond donors (Lipinski definition) is 2. The molecule has 2 rings (SSSR count). The first kappa shape index (κ1) is 14.4. The molecule has 0 bridgehead atoms. The summed E-state index contributed by atoms with van der Waals surface area (Å²) < 4.78 is 0. The van der Waals surface area contributed by atoms with Crippen LogP contribution in [0.3, 0.4) is 0 Å². The molecule has 1 aliphatic heterocycles. The zero-order valence-corrected chi connectivity index (χ0v) is 12.0. The predicted molar refractivity (Wildman–Crippen MR) is 78.3 cm³/mol. The van der Waals surface area contributed by atoms with Crippen molar-refractivity contribution in [3.8, 4) is 0 Å². The van der Waals surface area contributed by atoms with Crippen LogP contribution in [-0.2, 0) is 4.79 Å². The van der Waals surface area contributed by atoms with E-state index in [0.717, 1.165) is 18.4 Å². The fourth-order valence-electron chi connectivity index (χ4n) is 2.62. The summed E-state index contributed by atoms with van der Waals surface area (Å²) in [5.74, 6) is -0.260. The number of anilines is 1. The van der Waals surface area contributed by atoms with Gasteiger partial charge in [0.2, 0.25) is 5.91 Å². The Bertz CT molecular complexity index is 528. The first-order valence-corrected chi connectivity index (χ1v) is 6.93. The molecule has 0 aromatic heterocycles. The number of carbonyl (C=O) groups excluding carboxylic acids is 2. The molecule has 1 aromatic carbocycles. The maximum absolute atomic E-state index is 12.7. The van der Waals surface area contributed by atoms with Crippen LogP contribution in [0.1, 0.15) is 35.2 Å². The molecular formula is C15H21N3O2. The van der Waals surface area contributed by atoms with Crippen molar-refractivity contribution in [3.63, 3.8) is 0 Å². The van der Waals surface area contributed by atoms with E-state index in [-0.39, 0.29) is 17.9 Å². The SMILES string of the molecule is CNC(=O)C1CCCCN1C(=O)c1cc(C)ccc1N. The number of nitrogen functional groups attached to an aromatic ring is 1. The summed E-state index contributed by atoms with van der Waals surface area (Å²) in [5, 5.41) is 2.63. The Morgan fingerprint density at radius 1 is 1.35 bits per heavy atom. The molecule has 1 saturated heterocycles. The van der Waals surface area contributed by atoms with Crippen molar-refractivity contribution in [2.75, 3.05) is 19.3 Å². The average Bonchev–Trinajstić information content (AvgIpc) is 2.48. The fraction of sp³-hybridized carbons (Fsp3) is 0.467. The Kier molecular flexibility index (Phi) is 4.27. The third-order valence-corrected chi connectivity index (χ3v) is 3.75. The van der Waals surface area contributed by atoms with Gasteiger partial charge in [-0.3, -0.25) is 9.59 Å². The molecule has 1 atom stereocenters. The number of aryl methyl sites for hydroxylation is 1. The number of likely N-dealkylation sites (tertiary alicyclic amines) is 1. The minimum absolute atomic E-state index is 0.107. The number of benzene rings is 1. The van der Waals surface area contributed by atoms with Crippen LogP contribution in [0.25, 0.3) is 0 Å². The van der Waals surface area contributed by atoms with Gasteiger partial charge in [0.25, 0.3) is 5.91 Å². The Morgan fingerprint density at radius 3 is 2.80 bits per heavy atom. The number of nitrogens with one attached hydrogen (secondary N) is 1. The van der Waals surface area contributed by atoms with E-state index >= 15 is 0 Å². The molecule has 108 valence electrons. The van der Waals surface area contributed by atoms with Crippen LogP contribution in [0.2, 0.25) is 0 Å². The summed E-state index contributed by atoms with van der Waals surface area (Å²) in [4.78, 5) is 26.2. The molecule has 5 nitrogen and oxygen atoms in total. The zero-order chi connectivity index (χ0) is 14.7. The largest absolute Gasteiger partial charge is 0.398 e. The van der Waals surface area contributed by atoms with Crippen LogP contribution in [0, 0.1) is 6.92 Å². The highest BCUT2D eigenvalue weighted by atomic mass is 16.2. The van der Waals surface area contributed by atoms with Gasteiger partial charge in [0.05, 0.1) is 5.56 Å². The van der Waals surface area contributed by atoms with Crippen LogP contribution < -0.4 is 11.1 Å². The van der Waals surface area contributed by atoms with Gasteiger partial charge in [0, 0.05) is 19.3 Å². The molecule has 2 amide bonds. The minimum Gasteiger partial charge on any atom is -0.398 e. The molecule has 1 fully saturated rings. The van der Waals surface area contributed by atoms with Crippen LogP contribution in [-0.4, -0.2) is 36.3 Å². The maximum Gasteiger partial charge on any atom is 0.256 e. The zero-order valence-electron chi connectivity index (χ0n) is 12.0. The number of piperidine rings is 1. The second kappa shape index (κ2) is 5.94. The van der Waals surface area contributed by atoms with Gasteiger partial charge in [0.15, 0.2) is 0 Å². The molecule has 0 aliphatic carbocycles. The van der Waals surface area contributed by atoms with Crippen molar-refractivity contribution in [2.45, 2.75) is 32.2 Å². The number of nitrogens with zero attached hydrogens (tertiary/aromatic N) is 1. The second-order valence-corrected chi connectivity index (χ2v) is 5.22. The lowest BCUT2D eigenvalue weighted by molar-refractivity contribution is -0.126. The molecular weight excluding hydrogens is 254 g/mol. The Hall–Kier alpha value is -2.04. The van der Waals surface area contributed by atoms with E-state index in [1.54, 1.807) is 24.1 Å². The van der Waals surface area contributed by atoms with Gasteiger partial charge in [-0.2, -0.15) is 0 Å². The third kappa shape index (κ3) is 2.76. The summed E-state index contributed by atoms with van der Waals surface area (Å²) in [7, 11) is 1.60. The monoisotopic (exact) mass is 275 g/mol. The lowest BCUT2D eigenvalue weighted by Crippen LogP contribution is -2.51. The number of nitrogens with two attached hydrogens (primary N) is 1. The van der Waals surface area contributed by atoms with E-state index in [9.17, 15) is 9.59 Å². The number of likely N-dealkylation sites (N-methyl/N-ethyl adjacent to an activating group) is 1. The number of rotatable bonds is 2. The van der Waals surface area contributed by atoms with Crippen LogP contribution in [0.4, 0.5) is 5.69 Å². The van der Waals surface area contributed by atoms with Gasteiger partial charge < -0.3 is 16.0 Å². The van der Waals surface area contributed by atoms with Crippen molar-refractivity contribution in [1.82, 2.24) is 10.2 Å². The van der Waals surface area contributed by atoms with Crippen LogP contribution in [0.15, 0.2) is 18.2 Å². The lowest BCUT2D eigenvalue weighted by Gasteiger charge is -2.34. The summed E-state index contributed by atoms with van der Waals surface area (Å²) >= 11 is 0. The van der Waals surface area contributed by atoms with Gasteiger partial charge in [-0.25, -0.2) is 0 Å². The van der Waals surface area contributed by atoms with E-state index in [2.05, 4.69) is 5.32 Å². The predicted octanol–water partition coefficient (Wildman–Crippen LogP) is 1.32. The summed E-state index contributed by atoms with van der Waals surface area (Å²) in [5.41, 5.74) is 7.83. The van der Waals surface area contributed by atoms with Gasteiger partial charge in [-0.1, -0.05) is 11.6 Å². The summed E-state index contributed by atoms with van der Waals surface area (Å²) in [6.07, 6.45) is 2.59. The van der Waals surface area contributed by atoms with Crippen molar-refractivity contribution in [1.29, 1.82) is 0 Å². The van der Waals surface area contributed by atoms with Crippen molar-refractivity contribution >= 4 is 17.5 Å². The van der Waals surface area contributed by atoms with Crippen molar-refractivity contribution in [2.24, 2.45) is 0 Å². The molecule has 0 radical (unpaired) electrons. The fourth-order valence-corrected chi connectivity index (χ4v) is 2.62. The molecule has 3 N–H and O–H groups in total. The van der Waals surface area contributed by atoms with Gasteiger partial charge in [-0.15, -0.1) is 0 Å². The standard InChI is InChI=1S/C15H21N3O2/c1-10-6-7-12(16)11(9-10)15(20)18-8-4-3-5-13(18)14(19)17-2/h6-7,9,13H,3-5,8,16H2,1-2H3,(H,17,19). The molecule has 5 heteroatoms. The molecule has 1 unspecified atom stereocenters. The highest BCUT2D eigenvalue weighted by Crippen LogP contribution is 2.23. The quantitative estimate of drug-likeness (QED) is 0.799. The molecule has 1 aliphatic rings.